The number of aliphatic carboxylic acids is 1. The molecule has 31 heavy (non-hydrogen) atoms. The van der Waals surface area contributed by atoms with Crippen LogP contribution >= 0.6 is 34.7 Å². The Bertz CT molecular complexity index is 884. The number of nitrogens with zero attached hydrogens (tertiary/aromatic N) is 2. The standard InChI is InChI=1S/C22H28ClN3O3S2/c1-15-7-9-18(10-8-15)26(11-3-5-16-4-2-6-17(23)12-16)22(29)25-21-24-13-20(31-21)30-14-19(27)28/h2,4,6,12-13,15,18H,3,5,7-11,14H2,1H3,(H,27,28)(H,24,25,29)/t15-,18-. The van der Waals surface area contributed by atoms with E-state index in [0.29, 0.717) is 17.6 Å². The molecule has 0 spiro atoms. The maximum absolute atomic E-state index is 13.1. The van der Waals surface area contributed by atoms with Gasteiger partial charge in [0.15, 0.2) is 5.13 Å². The van der Waals surface area contributed by atoms with E-state index in [2.05, 4.69) is 23.3 Å². The number of carboxylic acids is 1. The highest BCUT2D eigenvalue weighted by atomic mass is 35.5. The topological polar surface area (TPSA) is 82.5 Å². The predicted octanol–water partition coefficient (Wildman–Crippen LogP) is 6.02. The van der Waals surface area contributed by atoms with Gasteiger partial charge in [0, 0.05) is 17.6 Å². The van der Waals surface area contributed by atoms with Crippen LogP contribution in [0.4, 0.5) is 9.93 Å². The molecule has 1 aliphatic rings. The van der Waals surface area contributed by atoms with Gasteiger partial charge in [0.05, 0.1) is 16.2 Å². The Balaban J connectivity index is 1.61. The van der Waals surface area contributed by atoms with E-state index < -0.39 is 5.97 Å². The molecule has 2 amide bonds. The Kier molecular flexibility index (Phi) is 9.04. The molecule has 1 aromatic carbocycles. The molecule has 2 aromatic rings. The fourth-order valence-corrected chi connectivity index (χ4v) is 5.62. The molecule has 1 saturated carbocycles. The summed E-state index contributed by atoms with van der Waals surface area (Å²) in [4.78, 5) is 30.1. The van der Waals surface area contributed by atoms with Crippen LogP contribution in [0.25, 0.3) is 0 Å². The zero-order chi connectivity index (χ0) is 22.2. The first-order chi connectivity index (χ1) is 14.9. The third kappa shape index (κ3) is 7.70. The van der Waals surface area contributed by atoms with Crippen LogP contribution < -0.4 is 5.32 Å². The minimum Gasteiger partial charge on any atom is -0.481 e. The number of hydrogen-bond donors (Lipinski definition) is 2. The minimum absolute atomic E-state index is 0.0224. The number of aryl methyl sites for hydroxylation is 1. The monoisotopic (exact) mass is 481 g/mol. The number of aromatic nitrogens is 1. The van der Waals surface area contributed by atoms with E-state index >= 15 is 0 Å². The number of hydrogen-bond acceptors (Lipinski definition) is 5. The van der Waals surface area contributed by atoms with Gasteiger partial charge in [-0.1, -0.05) is 42.0 Å². The van der Waals surface area contributed by atoms with Gasteiger partial charge >= 0.3 is 12.0 Å². The van der Waals surface area contributed by atoms with Gasteiger partial charge in [-0.2, -0.15) is 0 Å². The lowest BCUT2D eigenvalue weighted by molar-refractivity contribution is -0.133. The quantitative estimate of drug-likeness (QED) is 0.428. The van der Waals surface area contributed by atoms with Crippen molar-refractivity contribution in [3.63, 3.8) is 0 Å². The van der Waals surface area contributed by atoms with E-state index in [1.54, 1.807) is 6.20 Å². The van der Waals surface area contributed by atoms with Crippen molar-refractivity contribution in [3.8, 4) is 0 Å². The first-order valence-corrected chi connectivity index (χ1v) is 12.7. The molecule has 1 aromatic heterocycles. The number of thiazole rings is 1. The maximum Gasteiger partial charge on any atom is 0.323 e. The van der Waals surface area contributed by atoms with Crippen molar-refractivity contribution >= 4 is 51.8 Å². The lowest BCUT2D eigenvalue weighted by Crippen LogP contribution is -2.45. The molecular formula is C22H28ClN3O3S2. The van der Waals surface area contributed by atoms with Crippen LogP contribution in [0.15, 0.2) is 34.7 Å². The molecular weight excluding hydrogens is 454 g/mol. The summed E-state index contributed by atoms with van der Waals surface area (Å²) in [5, 5.41) is 13.0. The molecule has 3 rings (SSSR count). The summed E-state index contributed by atoms with van der Waals surface area (Å²) in [6.45, 7) is 2.94. The Labute approximate surface area is 196 Å². The highest BCUT2D eigenvalue weighted by molar-refractivity contribution is 8.01. The number of anilines is 1. The first kappa shape index (κ1) is 23.9. The van der Waals surface area contributed by atoms with Crippen molar-refractivity contribution in [1.82, 2.24) is 9.88 Å². The number of nitrogens with one attached hydrogen (secondary N) is 1. The van der Waals surface area contributed by atoms with Crippen LogP contribution in [0, 0.1) is 5.92 Å². The van der Waals surface area contributed by atoms with Gasteiger partial charge in [-0.05, 0) is 62.1 Å². The van der Waals surface area contributed by atoms with Gasteiger partial charge in [-0.25, -0.2) is 9.78 Å². The summed E-state index contributed by atoms with van der Waals surface area (Å²) in [5.74, 6) is -0.187. The molecule has 9 heteroatoms. The second kappa shape index (κ2) is 11.7. The number of benzene rings is 1. The number of carbonyl (C=O) groups is 2. The number of thioether (sulfide) groups is 1. The first-order valence-electron chi connectivity index (χ1n) is 10.5. The molecule has 0 aliphatic heterocycles. The third-order valence-corrected chi connectivity index (χ3v) is 7.80. The van der Waals surface area contributed by atoms with Gasteiger partial charge in [-0.15, -0.1) is 11.8 Å². The Morgan fingerprint density at radius 2 is 2.10 bits per heavy atom. The van der Waals surface area contributed by atoms with Gasteiger partial charge in [0.25, 0.3) is 0 Å². The fourth-order valence-electron chi connectivity index (χ4n) is 3.83. The Hall–Kier alpha value is -1.77. The summed E-state index contributed by atoms with van der Waals surface area (Å²) in [5.41, 5.74) is 1.17. The number of urea groups is 1. The number of carbonyl (C=O) groups excluding carboxylic acids is 1. The molecule has 1 aliphatic carbocycles. The van der Waals surface area contributed by atoms with Crippen molar-refractivity contribution in [2.45, 2.75) is 55.7 Å². The molecule has 0 bridgehead atoms. The highest BCUT2D eigenvalue weighted by Gasteiger charge is 2.27. The molecule has 6 nitrogen and oxygen atoms in total. The SMILES string of the molecule is C[C@H]1CC[C@H](N(CCCc2cccc(Cl)c2)C(=O)Nc2ncc(SCC(=O)O)s2)CC1. The van der Waals surface area contributed by atoms with E-state index in [1.807, 2.05) is 23.1 Å². The van der Waals surface area contributed by atoms with Gasteiger partial charge < -0.3 is 10.0 Å². The Morgan fingerprint density at radius 1 is 1.32 bits per heavy atom. The van der Waals surface area contributed by atoms with E-state index in [0.717, 1.165) is 47.8 Å². The molecule has 0 unspecified atom stereocenters. The van der Waals surface area contributed by atoms with E-state index in [9.17, 15) is 9.59 Å². The summed E-state index contributed by atoms with van der Waals surface area (Å²) in [6, 6.07) is 7.95. The van der Waals surface area contributed by atoms with Crippen LogP contribution in [0.2, 0.25) is 5.02 Å². The molecule has 168 valence electrons. The number of carboxylic acid groups (broad SMARTS) is 1. The zero-order valence-electron chi connectivity index (χ0n) is 17.6. The van der Waals surface area contributed by atoms with Gasteiger partial charge in [0.2, 0.25) is 0 Å². The van der Waals surface area contributed by atoms with Crippen LogP contribution in [-0.2, 0) is 11.2 Å². The van der Waals surface area contributed by atoms with E-state index in [-0.39, 0.29) is 17.8 Å². The second-order valence-corrected chi connectivity index (χ2v) is 10.7. The molecule has 0 atom stereocenters. The minimum atomic E-state index is -0.874. The lowest BCUT2D eigenvalue weighted by atomic mass is 9.86. The second-order valence-electron chi connectivity index (χ2n) is 7.94. The number of amides is 2. The predicted molar refractivity (Wildman–Crippen MR) is 127 cm³/mol. The number of rotatable bonds is 9. The maximum atomic E-state index is 13.1. The van der Waals surface area contributed by atoms with E-state index in [4.69, 9.17) is 16.7 Å². The molecule has 2 N–H and O–H groups in total. The van der Waals surface area contributed by atoms with Crippen molar-refractivity contribution < 1.29 is 14.7 Å². The lowest BCUT2D eigenvalue weighted by Gasteiger charge is -2.36. The van der Waals surface area contributed by atoms with E-state index in [1.165, 1.54) is 28.7 Å². The van der Waals surface area contributed by atoms with Crippen molar-refractivity contribution in [1.29, 1.82) is 0 Å². The van der Waals surface area contributed by atoms with Gasteiger partial charge in [-0.3, -0.25) is 10.1 Å². The van der Waals surface area contributed by atoms with Gasteiger partial charge in [0.1, 0.15) is 0 Å². The summed E-state index contributed by atoms with van der Waals surface area (Å²) < 4.78 is 0.775. The van der Waals surface area contributed by atoms with Crippen molar-refractivity contribution in [3.05, 3.63) is 41.0 Å². The van der Waals surface area contributed by atoms with Crippen LogP contribution in [-0.4, -0.2) is 45.3 Å². The fraction of sp³-hybridized carbons (Fsp3) is 0.500. The molecule has 1 heterocycles. The highest BCUT2D eigenvalue weighted by Crippen LogP contribution is 2.30. The molecule has 1 fully saturated rings. The molecule has 0 radical (unpaired) electrons. The smallest absolute Gasteiger partial charge is 0.323 e. The third-order valence-electron chi connectivity index (χ3n) is 5.48. The van der Waals surface area contributed by atoms with Crippen molar-refractivity contribution in [2.75, 3.05) is 17.6 Å². The summed E-state index contributed by atoms with van der Waals surface area (Å²) in [7, 11) is 0. The molecule has 0 saturated heterocycles. The van der Waals surface area contributed by atoms with Crippen LogP contribution in [0.5, 0.6) is 0 Å². The zero-order valence-corrected chi connectivity index (χ0v) is 19.9. The van der Waals surface area contributed by atoms with Crippen molar-refractivity contribution in [2.24, 2.45) is 5.92 Å². The number of halogens is 1. The summed E-state index contributed by atoms with van der Waals surface area (Å²) in [6.07, 6.45) is 7.64. The average molecular weight is 482 g/mol. The normalized spacial score (nSPS) is 18.5. The largest absolute Gasteiger partial charge is 0.481 e. The van der Waals surface area contributed by atoms with Crippen LogP contribution in [0.1, 0.15) is 44.6 Å². The van der Waals surface area contributed by atoms with Crippen LogP contribution in [0.3, 0.4) is 0 Å². The average Bonchev–Trinajstić information content (AvgIpc) is 3.18. The summed E-state index contributed by atoms with van der Waals surface area (Å²) >= 11 is 8.60. The Morgan fingerprint density at radius 3 is 2.81 bits per heavy atom.